The van der Waals surface area contributed by atoms with E-state index in [1.807, 2.05) is 0 Å². The molecule has 6 heteroatoms. The maximum Gasteiger partial charge on any atom is 0.244 e. The Kier molecular flexibility index (Phi) is 3.61. The highest BCUT2D eigenvalue weighted by Crippen LogP contribution is 2.28. The van der Waals surface area contributed by atoms with Crippen LogP contribution in [0.1, 0.15) is 19.3 Å². The summed E-state index contributed by atoms with van der Waals surface area (Å²) in [5.74, 6) is 0. The molecule has 2 rings (SSSR count). The molecule has 0 atom stereocenters. The molecule has 0 aromatic heterocycles. The number of rotatable bonds is 2. The van der Waals surface area contributed by atoms with E-state index in [0.717, 1.165) is 19.3 Å². The topological polar surface area (TPSA) is 63.4 Å². The van der Waals surface area contributed by atoms with E-state index >= 15 is 0 Å². The van der Waals surface area contributed by atoms with Gasteiger partial charge in [0.2, 0.25) is 10.0 Å². The van der Waals surface area contributed by atoms with Crippen molar-refractivity contribution in [3.05, 3.63) is 23.2 Å². The Morgan fingerprint density at radius 3 is 2.41 bits per heavy atom. The average molecular weight is 275 g/mol. The van der Waals surface area contributed by atoms with Gasteiger partial charge in [-0.3, -0.25) is 0 Å². The molecule has 1 aromatic rings. The normalized spacial score (nSPS) is 18.2. The first-order valence-corrected chi connectivity index (χ1v) is 7.39. The third kappa shape index (κ3) is 2.56. The number of benzene rings is 1. The number of nitrogens with zero attached hydrogens (tertiary/aromatic N) is 1. The molecule has 1 aliphatic heterocycles. The summed E-state index contributed by atoms with van der Waals surface area (Å²) in [7, 11) is -3.46. The van der Waals surface area contributed by atoms with Gasteiger partial charge in [-0.25, -0.2) is 8.42 Å². The Morgan fingerprint density at radius 1 is 1.18 bits per heavy atom. The molecular weight excluding hydrogens is 260 g/mol. The van der Waals surface area contributed by atoms with Gasteiger partial charge in [-0.15, -0.1) is 0 Å². The second kappa shape index (κ2) is 4.84. The number of hydrogen-bond donors (Lipinski definition) is 1. The van der Waals surface area contributed by atoms with Gasteiger partial charge in [0.25, 0.3) is 0 Å². The molecule has 0 aliphatic carbocycles. The Morgan fingerprint density at radius 2 is 1.82 bits per heavy atom. The van der Waals surface area contributed by atoms with Gasteiger partial charge in [0.05, 0.1) is 5.02 Å². The van der Waals surface area contributed by atoms with E-state index in [1.165, 1.54) is 16.4 Å². The Labute approximate surface area is 106 Å². The molecule has 2 N–H and O–H groups in total. The first-order chi connectivity index (χ1) is 8.01. The van der Waals surface area contributed by atoms with Crippen molar-refractivity contribution >= 4 is 27.3 Å². The van der Waals surface area contributed by atoms with Crippen molar-refractivity contribution in [2.75, 3.05) is 18.8 Å². The molecule has 1 heterocycles. The second-order valence-electron chi connectivity index (χ2n) is 4.15. The van der Waals surface area contributed by atoms with Crippen LogP contribution in [0.3, 0.4) is 0 Å². The third-order valence-electron chi connectivity index (χ3n) is 2.89. The van der Waals surface area contributed by atoms with Crippen LogP contribution in [0.5, 0.6) is 0 Å². The summed E-state index contributed by atoms with van der Waals surface area (Å²) >= 11 is 5.95. The number of nitrogens with two attached hydrogens (primary N) is 1. The molecule has 0 bridgehead atoms. The number of anilines is 1. The monoisotopic (exact) mass is 274 g/mol. The third-order valence-corrected chi connectivity index (χ3v) is 5.27. The van der Waals surface area contributed by atoms with Gasteiger partial charge in [-0.2, -0.15) is 4.31 Å². The fourth-order valence-electron chi connectivity index (χ4n) is 1.97. The van der Waals surface area contributed by atoms with Crippen molar-refractivity contribution in [1.29, 1.82) is 0 Å². The van der Waals surface area contributed by atoms with Crippen LogP contribution in [0, 0.1) is 0 Å². The van der Waals surface area contributed by atoms with Gasteiger partial charge in [-0.1, -0.05) is 18.0 Å². The molecule has 1 fully saturated rings. The molecule has 4 nitrogen and oxygen atoms in total. The molecule has 1 aromatic carbocycles. The van der Waals surface area contributed by atoms with Crippen molar-refractivity contribution < 1.29 is 8.42 Å². The zero-order valence-corrected chi connectivity index (χ0v) is 11.0. The predicted octanol–water partition coefficient (Wildman–Crippen LogP) is 2.10. The molecule has 1 aliphatic rings. The van der Waals surface area contributed by atoms with E-state index in [-0.39, 0.29) is 9.92 Å². The van der Waals surface area contributed by atoms with E-state index in [2.05, 4.69) is 0 Å². The molecular formula is C11H15ClN2O2S. The maximum absolute atomic E-state index is 12.3. The van der Waals surface area contributed by atoms with E-state index in [4.69, 9.17) is 17.3 Å². The first kappa shape index (κ1) is 12.7. The molecule has 0 amide bonds. The Bertz CT molecular complexity index is 510. The maximum atomic E-state index is 12.3. The van der Waals surface area contributed by atoms with Crippen LogP contribution >= 0.6 is 11.6 Å². The van der Waals surface area contributed by atoms with E-state index in [1.54, 1.807) is 6.07 Å². The quantitative estimate of drug-likeness (QED) is 0.840. The van der Waals surface area contributed by atoms with Crippen molar-refractivity contribution in [2.24, 2.45) is 0 Å². The zero-order chi connectivity index (χ0) is 12.5. The molecule has 1 saturated heterocycles. The van der Waals surface area contributed by atoms with Gasteiger partial charge in [0, 0.05) is 18.8 Å². The van der Waals surface area contributed by atoms with Gasteiger partial charge < -0.3 is 5.73 Å². The smallest absolute Gasteiger partial charge is 0.244 e. The molecule has 0 radical (unpaired) electrons. The second-order valence-corrected chi connectivity index (χ2v) is 6.47. The SMILES string of the molecule is Nc1ccc(S(=O)(=O)N2CCCCC2)c(Cl)c1. The van der Waals surface area contributed by atoms with Crippen LogP contribution in [0.15, 0.2) is 23.1 Å². The standard InChI is InChI=1S/C11H15ClN2O2S/c12-10-8-9(13)4-5-11(10)17(15,16)14-6-2-1-3-7-14/h4-5,8H,1-3,6-7,13H2. The van der Waals surface area contributed by atoms with Gasteiger partial charge in [0.1, 0.15) is 4.90 Å². The minimum Gasteiger partial charge on any atom is -0.399 e. The van der Waals surface area contributed by atoms with Crippen LogP contribution in [0.4, 0.5) is 5.69 Å². The number of piperidine rings is 1. The summed E-state index contributed by atoms with van der Waals surface area (Å²) in [5, 5.41) is 0.190. The summed E-state index contributed by atoms with van der Waals surface area (Å²) in [6, 6.07) is 4.50. The average Bonchev–Trinajstić information content (AvgIpc) is 2.29. The van der Waals surface area contributed by atoms with Gasteiger partial charge in [0.15, 0.2) is 0 Å². The lowest BCUT2D eigenvalue weighted by Gasteiger charge is -2.26. The lowest BCUT2D eigenvalue weighted by Crippen LogP contribution is -2.35. The van der Waals surface area contributed by atoms with Crippen LogP contribution in [-0.2, 0) is 10.0 Å². The number of nitrogen functional groups attached to an aromatic ring is 1. The summed E-state index contributed by atoms with van der Waals surface area (Å²) in [6.45, 7) is 1.14. The highest BCUT2D eigenvalue weighted by molar-refractivity contribution is 7.89. The molecule has 0 spiro atoms. The molecule has 0 saturated carbocycles. The lowest BCUT2D eigenvalue weighted by atomic mass is 10.2. The van der Waals surface area contributed by atoms with Gasteiger partial charge in [-0.05, 0) is 31.0 Å². The summed E-state index contributed by atoms with van der Waals surface area (Å²) in [4.78, 5) is 0.148. The highest BCUT2D eigenvalue weighted by Gasteiger charge is 2.27. The van der Waals surface area contributed by atoms with Crippen molar-refractivity contribution in [3.8, 4) is 0 Å². The molecule has 94 valence electrons. The fourth-order valence-corrected chi connectivity index (χ4v) is 4.01. The van der Waals surface area contributed by atoms with E-state index in [0.29, 0.717) is 18.8 Å². The Hall–Kier alpha value is -0.780. The minimum absolute atomic E-state index is 0.148. The number of halogens is 1. The summed E-state index contributed by atoms with van der Waals surface area (Å²) in [6.07, 6.45) is 2.90. The summed E-state index contributed by atoms with van der Waals surface area (Å²) < 4.78 is 26.1. The van der Waals surface area contributed by atoms with Crippen LogP contribution in [0.25, 0.3) is 0 Å². The fraction of sp³-hybridized carbons (Fsp3) is 0.455. The number of hydrogen-bond acceptors (Lipinski definition) is 3. The van der Waals surface area contributed by atoms with Gasteiger partial charge >= 0.3 is 0 Å². The van der Waals surface area contributed by atoms with Crippen LogP contribution < -0.4 is 5.73 Å². The van der Waals surface area contributed by atoms with Crippen LogP contribution in [-0.4, -0.2) is 25.8 Å². The predicted molar refractivity (Wildman–Crippen MR) is 68.5 cm³/mol. The van der Waals surface area contributed by atoms with Crippen molar-refractivity contribution in [1.82, 2.24) is 4.31 Å². The zero-order valence-electron chi connectivity index (χ0n) is 9.39. The Balaban J connectivity index is 2.37. The largest absolute Gasteiger partial charge is 0.399 e. The number of sulfonamides is 1. The van der Waals surface area contributed by atoms with E-state index < -0.39 is 10.0 Å². The van der Waals surface area contributed by atoms with Crippen molar-refractivity contribution in [3.63, 3.8) is 0 Å². The minimum atomic E-state index is -3.46. The molecule has 17 heavy (non-hydrogen) atoms. The van der Waals surface area contributed by atoms with Crippen LogP contribution in [0.2, 0.25) is 5.02 Å². The first-order valence-electron chi connectivity index (χ1n) is 5.57. The van der Waals surface area contributed by atoms with Crippen molar-refractivity contribution in [2.45, 2.75) is 24.2 Å². The van der Waals surface area contributed by atoms with E-state index in [9.17, 15) is 8.42 Å². The highest BCUT2D eigenvalue weighted by atomic mass is 35.5. The lowest BCUT2D eigenvalue weighted by molar-refractivity contribution is 0.346. The molecule has 0 unspecified atom stereocenters. The summed E-state index contributed by atoms with van der Waals surface area (Å²) in [5.41, 5.74) is 6.02.